The molecule has 5 nitrogen and oxygen atoms in total. The van der Waals surface area contributed by atoms with Crippen molar-refractivity contribution in [1.82, 2.24) is 10.1 Å². The lowest BCUT2D eigenvalue weighted by Gasteiger charge is -1.99. The molecule has 2 rings (SSSR count). The van der Waals surface area contributed by atoms with Crippen LogP contribution < -0.4 is 5.73 Å². The second kappa shape index (κ2) is 7.28. The van der Waals surface area contributed by atoms with Gasteiger partial charge in [0.05, 0.1) is 6.61 Å². The molecule has 2 N–H and O–H groups in total. The van der Waals surface area contributed by atoms with Crippen molar-refractivity contribution in [3.63, 3.8) is 0 Å². The number of hydrogen-bond donors (Lipinski definition) is 1. The average Bonchev–Trinajstić information content (AvgIpc) is 2.89. The topological polar surface area (TPSA) is 74.2 Å². The Morgan fingerprint density at radius 2 is 2.11 bits per heavy atom. The van der Waals surface area contributed by atoms with Crippen LogP contribution in [-0.2, 0) is 11.3 Å². The minimum absolute atomic E-state index is 0.300. The normalized spacial score (nSPS) is 10.8. The van der Waals surface area contributed by atoms with E-state index in [2.05, 4.69) is 29.2 Å². The van der Waals surface area contributed by atoms with Crippen LogP contribution in [0.15, 0.2) is 33.7 Å². The first kappa shape index (κ1) is 14.0. The average molecular weight is 279 g/mol. The molecule has 6 heteroatoms. The molecular formula is C13H17N3O2S. The molecule has 1 aromatic heterocycles. The maximum Gasteiger partial charge on any atom is 0.252 e. The summed E-state index contributed by atoms with van der Waals surface area (Å²) in [5, 5.41) is 3.94. The highest BCUT2D eigenvalue weighted by Crippen LogP contribution is 2.22. The van der Waals surface area contributed by atoms with E-state index in [9.17, 15) is 0 Å². The van der Waals surface area contributed by atoms with Crippen LogP contribution in [-0.4, -0.2) is 29.0 Å². The summed E-state index contributed by atoms with van der Waals surface area (Å²) in [6.07, 6.45) is 0. The second-order valence-electron chi connectivity index (χ2n) is 3.81. The fourth-order valence-corrected chi connectivity index (χ4v) is 2.20. The third-order valence-corrected chi connectivity index (χ3v) is 3.27. The SMILES string of the molecule is CCSc1ccc(-c2noc(COCCN)n2)cc1. The summed E-state index contributed by atoms with van der Waals surface area (Å²) < 4.78 is 10.4. The first-order valence-corrected chi connectivity index (χ1v) is 7.15. The van der Waals surface area contributed by atoms with Crippen LogP contribution in [0.2, 0.25) is 0 Å². The van der Waals surface area contributed by atoms with Crippen molar-refractivity contribution >= 4 is 11.8 Å². The van der Waals surface area contributed by atoms with Crippen molar-refractivity contribution in [3.05, 3.63) is 30.2 Å². The van der Waals surface area contributed by atoms with Crippen molar-refractivity contribution in [1.29, 1.82) is 0 Å². The number of thioether (sulfide) groups is 1. The molecule has 0 spiro atoms. The zero-order chi connectivity index (χ0) is 13.5. The number of rotatable bonds is 7. The van der Waals surface area contributed by atoms with Gasteiger partial charge in [-0.15, -0.1) is 11.8 Å². The van der Waals surface area contributed by atoms with Crippen molar-refractivity contribution in [2.24, 2.45) is 5.73 Å². The molecule has 0 saturated heterocycles. The number of ether oxygens (including phenoxy) is 1. The first-order valence-electron chi connectivity index (χ1n) is 6.17. The van der Waals surface area contributed by atoms with Gasteiger partial charge in [0.25, 0.3) is 5.89 Å². The smallest absolute Gasteiger partial charge is 0.252 e. The van der Waals surface area contributed by atoms with Crippen molar-refractivity contribution in [2.45, 2.75) is 18.4 Å². The molecule has 0 aliphatic heterocycles. The summed E-state index contributed by atoms with van der Waals surface area (Å²) in [5.74, 6) is 2.11. The molecule has 0 radical (unpaired) electrons. The third kappa shape index (κ3) is 4.05. The molecule has 0 fully saturated rings. The number of aromatic nitrogens is 2. The van der Waals surface area contributed by atoms with Crippen molar-refractivity contribution < 1.29 is 9.26 Å². The molecule has 0 aliphatic carbocycles. The summed E-state index contributed by atoms with van der Waals surface area (Å²) in [4.78, 5) is 5.51. The molecule has 0 aliphatic rings. The lowest BCUT2D eigenvalue weighted by molar-refractivity contribution is 0.104. The predicted octanol–water partition coefficient (Wildman–Crippen LogP) is 2.32. The molecule has 0 saturated carbocycles. The van der Waals surface area contributed by atoms with Gasteiger partial charge >= 0.3 is 0 Å². The van der Waals surface area contributed by atoms with Crippen LogP contribution in [0.1, 0.15) is 12.8 Å². The molecule has 2 aromatic rings. The molecule has 102 valence electrons. The Hall–Kier alpha value is -1.37. The Balaban J connectivity index is 2.01. The van der Waals surface area contributed by atoms with Crippen LogP contribution in [0.25, 0.3) is 11.4 Å². The Morgan fingerprint density at radius 3 is 2.79 bits per heavy atom. The number of nitrogens with two attached hydrogens (primary N) is 1. The summed E-state index contributed by atoms with van der Waals surface area (Å²) in [6, 6.07) is 8.11. The lowest BCUT2D eigenvalue weighted by Crippen LogP contribution is -2.08. The number of hydrogen-bond acceptors (Lipinski definition) is 6. The van der Waals surface area contributed by atoms with E-state index in [1.807, 2.05) is 12.1 Å². The fourth-order valence-electron chi connectivity index (χ4n) is 1.54. The highest BCUT2D eigenvalue weighted by Gasteiger charge is 2.08. The van der Waals surface area contributed by atoms with E-state index in [-0.39, 0.29) is 0 Å². The van der Waals surface area contributed by atoms with E-state index in [0.717, 1.165) is 11.3 Å². The highest BCUT2D eigenvalue weighted by molar-refractivity contribution is 7.99. The van der Waals surface area contributed by atoms with Crippen LogP contribution in [0.4, 0.5) is 0 Å². The molecule has 0 atom stereocenters. The minimum Gasteiger partial charge on any atom is -0.370 e. The Bertz CT molecular complexity index is 499. The quantitative estimate of drug-likeness (QED) is 0.619. The maximum atomic E-state index is 5.33. The summed E-state index contributed by atoms with van der Waals surface area (Å²) in [5.41, 5.74) is 6.27. The molecular weight excluding hydrogens is 262 g/mol. The lowest BCUT2D eigenvalue weighted by atomic mass is 10.2. The van der Waals surface area contributed by atoms with Crippen LogP contribution >= 0.6 is 11.8 Å². The highest BCUT2D eigenvalue weighted by atomic mass is 32.2. The van der Waals surface area contributed by atoms with E-state index in [1.54, 1.807) is 11.8 Å². The minimum atomic E-state index is 0.300. The van der Waals surface area contributed by atoms with E-state index < -0.39 is 0 Å². The van der Waals surface area contributed by atoms with Crippen LogP contribution in [0.5, 0.6) is 0 Å². The van der Waals surface area contributed by atoms with Gasteiger partial charge in [0.2, 0.25) is 5.82 Å². The van der Waals surface area contributed by atoms with Gasteiger partial charge in [-0.05, 0) is 30.0 Å². The van der Waals surface area contributed by atoms with Gasteiger partial charge in [0.15, 0.2) is 0 Å². The van der Waals surface area contributed by atoms with E-state index >= 15 is 0 Å². The number of nitrogens with zero attached hydrogens (tertiary/aromatic N) is 2. The zero-order valence-corrected chi connectivity index (χ0v) is 11.7. The Kier molecular flexibility index (Phi) is 5.38. The summed E-state index contributed by atoms with van der Waals surface area (Å²) >= 11 is 1.80. The third-order valence-electron chi connectivity index (χ3n) is 2.38. The van der Waals surface area contributed by atoms with Crippen molar-refractivity contribution in [2.75, 3.05) is 18.9 Å². The van der Waals surface area contributed by atoms with Crippen LogP contribution in [0.3, 0.4) is 0 Å². The van der Waals surface area contributed by atoms with Gasteiger partial charge in [-0.3, -0.25) is 0 Å². The second-order valence-corrected chi connectivity index (χ2v) is 5.15. The molecule has 0 bridgehead atoms. The van der Waals surface area contributed by atoms with Gasteiger partial charge in [-0.25, -0.2) is 0 Å². The maximum absolute atomic E-state index is 5.33. The van der Waals surface area contributed by atoms with Gasteiger partial charge < -0.3 is 15.0 Å². The monoisotopic (exact) mass is 279 g/mol. The summed E-state index contributed by atoms with van der Waals surface area (Å²) in [6.45, 7) is 3.40. The first-order chi connectivity index (χ1) is 9.33. The molecule has 0 unspecified atom stereocenters. The molecule has 0 amide bonds. The van der Waals surface area contributed by atoms with E-state index in [0.29, 0.717) is 31.5 Å². The van der Waals surface area contributed by atoms with Crippen LogP contribution in [0, 0.1) is 0 Å². The van der Waals surface area contributed by atoms with Gasteiger partial charge in [-0.2, -0.15) is 4.98 Å². The largest absolute Gasteiger partial charge is 0.370 e. The van der Waals surface area contributed by atoms with Gasteiger partial charge in [0.1, 0.15) is 6.61 Å². The predicted molar refractivity (Wildman–Crippen MR) is 74.8 cm³/mol. The molecule has 1 heterocycles. The standard InChI is InChI=1S/C13H17N3O2S/c1-2-19-11-5-3-10(4-6-11)13-15-12(18-16-13)9-17-8-7-14/h3-6H,2,7-9,14H2,1H3. The number of benzene rings is 1. The van der Waals surface area contributed by atoms with Gasteiger partial charge in [0, 0.05) is 17.0 Å². The Labute approximate surface area is 116 Å². The van der Waals surface area contributed by atoms with Crippen molar-refractivity contribution in [3.8, 4) is 11.4 Å². The van der Waals surface area contributed by atoms with Gasteiger partial charge in [-0.1, -0.05) is 12.1 Å². The van der Waals surface area contributed by atoms with E-state index in [1.165, 1.54) is 4.90 Å². The Morgan fingerprint density at radius 1 is 1.32 bits per heavy atom. The molecule has 1 aromatic carbocycles. The fraction of sp³-hybridized carbons (Fsp3) is 0.385. The zero-order valence-electron chi connectivity index (χ0n) is 10.8. The molecule has 19 heavy (non-hydrogen) atoms. The van der Waals surface area contributed by atoms with E-state index in [4.69, 9.17) is 15.0 Å². The summed E-state index contributed by atoms with van der Waals surface area (Å²) in [7, 11) is 0.